The van der Waals surface area contributed by atoms with Crippen molar-refractivity contribution in [2.75, 3.05) is 6.54 Å². The molecule has 6 heteroatoms. The van der Waals surface area contributed by atoms with Gasteiger partial charge >= 0.3 is 0 Å². The van der Waals surface area contributed by atoms with E-state index in [9.17, 15) is 14.0 Å². The van der Waals surface area contributed by atoms with Gasteiger partial charge in [-0.2, -0.15) is 0 Å². The zero-order valence-electron chi connectivity index (χ0n) is 22.0. The number of rotatable bonds is 7. The van der Waals surface area contributed by atoms with Gasteiger partial charge in [-0.25, -0.2) is 4.39 Å². The van der Waals surface area contributed by atoms with E-state index in [0.717, 1.165) is 22.3 Å². The number of nitrogens with zero attached hydrogens (tertiary/aromatic N) is 1. The molecule has 0 bridgehead atoms. The molecular weight excluding hydrogens is 467 g/mol. The van der Waals surface area contributed by atoms with E-state index in [-0.39, 0.29) is 23.7 Å². The van der Waals surface area contributed by atoms with Gasteiger partial charge in [-0.1, -0.05) is 76.2 Å². The van der Waals surface area contributed by atoms with Crippen molar-refractivity contribution < 1.29 is 18.7 Å². The van der Waals surface area contributed by atoms with Crippen LogP contribution in [0.3, 0.4) is 0 Å². The fourth-order valence-electron chi connectivity index (χ4n) is 4.71. The quantitative estimate of drug-likeness (QED) is 0.443. The highest BCUT2D eigenvalue weighted by atomic mass is 19.1. The Bertz CT molecular complexity index is 1240. The molecule has 0 aromatic heterocycles. The van der Waals surface area contributed by atoms with Gasteiger partial charge in [0.1, 0.15) is 11.6 Å². The van der Waals surface area contributed by atoms with Crippen LogP contribution in [0.25, 0.3) is 0 Å². The standard InChI is InChI=1S/C31H35FN2O3/c1-5-27(29(35)33-20-21-9-7-6-8-10-21)37-25-16-13-22-17-18-34(30(36)31(2,3)4)28(26(22)19-25)23-11-14-24(32)15-12-23/h6-16,19,27-28H,5,17-18,20H2,1-4H3,(H,33,35). The number of amides is 2. The highest BCUT2D eigenvalue weighted by molar-refractivity contribution is 5.83. The third-order valence-corrected chi connectivity index (χ3v) is 6.68. The van der Waals surface area contributed by atoms with E-state index < -0.39 is 11.5 Å². The molecule has 37 heavy (non-hydrogen) atoms. The monoisotopic (exact) mass is 502 g/mol. The number of carbonyl (C=O) groups is 2. The van der Waals surface area contributed by atoms with Crippen LogP contribution in [-0.4, -0.2) is 29.4 Å². The zero-order valence-corrected chi connectivity index (χ0v) is 22.0. The van der Waals surface area contributed by atoms with Gasteiger partial charge in [-0.05, 0) is 59.4 Å². The Morgan fingerprint density at radius 3 is 2.41 bits per heavy atom. The number of ether oxygens (including phenoxy) is 1. The lowest BCUT2D eigenvalue weighted by Gasteiger charge is -2.41. The van der Waals surface area contributed by atoms with Gasteiger partial charge in [0.2, 0.25) is 5.91 Å². The van der Waals surface area contributed by atoms with Gasteiger partial charge in [0.05, 0.1) is 6.04 Å². The van der Waals surface area contributed by atoms with Crippen molar-refractivity contribution in [1.29, 1.82) is 0 Å². The fraction of sp³-hybridized carbons (Fsp3) is 0.355. The second-order valence-corrected chi connectivity index (χ2v) is 10.5. The van der Waals surface area contributed by atoms with E-state index >= 15 is 0 Å². The Balaban J connectivity index is 1.61. The van der Waals surface area contributed by atoms with E-state index in [2.05, 4.69) is 5.32 Å². The highest BCUT2D eigenvalue weighted by Gasteiger charge is 2.37. The molecule has 5 nitrogen and oxygen atoms in total. The molecule has 4 rings (SSSR count). The molecule has 1 N–H and O–H groups in total. The van der Waals surface area contributed by atoms with Gasteiger partial charge in [0.15, 0.2) is 6.10 Å². The lowest BCUT2D eigenvalue weighted by Crippen LogP contribution is -2.45. The van der Waals surface area contributed by atoms with Crippen LogP contribution in [0.15, 0.2) is 72.8 Å². The van der Waals surface area contributed by atoms with Gasteiger partial charge in [-0.15, -0.1) is 0 Å². The average Bonchev–Trinajstić information content (AvgIpc) is 2.89. The number of halogens is 1. The van der Waals surface area contributed by atoms with Crippen molar-refractivity contribution in [2.24, 2.45) is 5.41 Å². The Labute approximate surface area is 218 Å². The first kappa shape index (κ1) is 26.4. The smallest absolute Gasteiger partial charge is 0.261 e. The normalized spacial score (nSPS) is 16.0. The molecule has 2 amide bonds. The molecule has 0 saturated heterocycles. The summed E-state index contributed by atoms with van der Waals surface area (Å²) >= 11 is 0. The van der Waals surface area contributed by atoms with Gasteiger partial charge in [0, 0.05) is 18.5 Å². The second-order valence-electron chi connectivity index (χ2n) is 10.5. The molecule has 1 heterocycles. The summed E-state index contributed by atoms with van der Waals surface area (Å²) < 4.78 is 19.9. The third-order valence-electron chi connectivity index (χ3n) is 6.68. The molecule has 0 radical (unpaired) electrons. The lowest BCUT2D eigenvalue weighted by atomic mass is 9.85. The molecule has 194 valence electrons. The predicted molar refractivity (Wildman–Crippen MR) is 143 cm³/mol. The predicted octanol–water partition coefficient (Wildman–Crippen LogP) is 5.82. The summed E-state index contributed by atoms with van der Waals surface area (Å²) in [5.41, 5.74) is 3.34. The van der Waals surface area contributed by atoms with Crippen LogP contribution in [-0.2, 0) is 22.6 Å². The summed E-state index contributed by atoms with van der Waals surface area (Å²) in [6.45, 7) is 8.64. The minimum Gasteiger partial charge on any atom is -0.481 e. The van der Waals surface area contributed by atoms with Crippen molar-refractivity contribution in [3.8, 4) is 5.75 Å². The summed E-state index contributed by atoms with van der Waals surface area (Å²) in [4.78, 5) is 28.2. The highest BCUT2D eigenvalue weighted by Crippen LogP contribution is 2.39. The molecule has 0 saturated carbocycles. The molecule has 0 aliphatic carbocycles. The minimum atomic E-state index is -0.651. The summed E-state index contributed by atoms with van der Waals surface area (Å²) in [5.74, 6) is 0.102. The molecular formula is C31H35FN2O3. The summed E-state index contributed by atoms with van der Waals surface area (Å²) in [6, 6.07) is 21.5. The maximum atomic E-state index is 13.7. The van der Waals surface area contributed by atoms with Crippen molar-refractivity contribution in [3.05, 3.63) is 101 Å². The molecule has 1 aliphatic rings. The fourth-order valence-corrected chi connectivity index (χ4v) is 4.71. The number of carbonyl (C=O) groups excluding carboxylic acids is 2. The zero-order chi connectivity index (χ0) is 26.6. The van der Waals surface area contributed by atoms with E-state index in [0.29, 0.717) is 31.7 Å². The lowest BCUT2D eigenvalue weighted by molar-refractivity contribution is -0.141. The summed E-state index contributed by atoms with van der Waals surface area (Å²) in [5, 5.41) is 2.96. The number of benzene rings is 3. The van der Waals surface area contributed by atoms with E-state index in [1.807, 2.05) is 81.1 Å². The Morgan fingerprint density at radius 2 is 1.76 bits per heavy atom. The number of hydrogen-bond acceptors (Lipinski definition) is 3. The third kappa shape index (κ3) is 6.19. The van der Waals surface area contributed by atoms with Crippen molar-refractivity contribution in [3.63, 3.8) is 0 Å². The Morgan fingerprint density at radius 1 is 1.05 bits per heavy atom. The van der Waals surface area contributed by atoms with Crippen LogP contribution in [0.4, 0.5) is 4.39 Å². The van der Waals surface area contributed by atoms with E-state index in [1.165, 1.54) is 12.1 Å². The molecule has 1 aliphatic heterocycles. The molecule has 0 spiro atoms. The molecule has 2 unspecified atom stereocenters. The van der Waals surface area contributed by atoms with Crippen molar-refractivity contribution in [2.45, 2.75) is 59.2 Å². The average molecular weight is 503 g/mol. The van der Waals surface area contributed by atoms with E-state index in [1.54, 1.807) is 12.1 Å². The van der Waals surface area contributed by atoms with Crippen LogP contribution in [0.5, 0.6) is 5.75 Å². The van der Waals surface area contributed by atoms with Gasteiger partial charge in [-0.3, -0.25) is 9.59 Å². The SMILES string of the molecule is CCC(Oc1ccc2c(c1)C(c1ccc(F)cc1)N(C(=O)C(C)(C)C)CC2)C(=O)NCc1ccccc1. The van der Waals surface area contributed by atoms with E-state index in [4.69, 9.17) is 4.74 Å². The first-order valence-corrected chi connectivity index (χ1v) is 12.8. The first-order chi connectivity index (χ1) is 17.7. The Kier molecular flexibility index (Phi) is 7.96. The molecule has 3 aromatic carbocycles. The molecule has 0 fully saturated rings. The number of hydrogen-bond donors (Lipinski definition) is 1. The van der Waals surface area contributed by atoms with Crippen LogP contribution in [0.1, 0.15) is 62.4 Å². The van der Waals surface area contributed by atoms with Crippen LogP contribution < -0.4 is 10.1 Å². The maximum absolute atomic E-state index is 13.7. The van der Waals surface area contributed by atoms with Crippen LogP contribution >= 0.6 is 0 Å². The minimum absolute atomic E-state index is 0.0329. The van der Waals surface area contributed by atoms with Gasteiger partial charge in [0.25, 0.3) is 5.91 Å². The Hall–Kier alpha value is -3.67. The van der Waals surface area contributed by atoms with Crippen LogP contribution in [0, 0.1) is 11.2 Å². The van der Waals surface area contributed by atoms with Crippen LogP contribution in [0.2, 0.25) is 0 Å². The summed E-state index contributed by atoms with van der Waals surface area (Å²) in [6.07, 6.45) is 0.569. The molecule has 3 aromatic rings. The topological polar surface area (TPSA) is 58.6 Å². The molecule has 2 atom stereocenters. The number of fused-ring (bicyclic) bond motifs is 1. The summed E-state index contributed by atoms with van der Waals surface area (Å²) in [7, 11) is 0. The second kappa shape index (κ2) is 11.2. The number of nitrogens with one attached hydrogen (secondary N) is 1. The van der Waals surface area contributed by atoms with Gasteiger partial charge < -0.3 is 15.0 Å². The first-order valence-electron chi connectivity index (χ1n) is 12.8. The maximum Gasteiger partial charge on any atom is 0.261 e. The largest absolute Gasteiger partial charge is 0.481 e. The van der Waals surface area contributed by atoms with Crippen molar-refractivity contribution >= 4 is 11.8 Å². The van der Waals surface area contributed by atoms with Crippen molar-refractivity contribution in [1.82, 2.24) is 10.2 Å².